The standard InChI is InChI=1S/C27H33N3O5/c1-6-34-23-9-7-22(8-10-23)28-27(33)30(11-12-35-26(32)17(2)3)16-21-15-20-14-18(4)13-19(5)24(20)29-25(21)31/h7-10,13-15,17H,6,11-12,16H2,1-5H3,(H,28,33)(H,29,31). The van der Waals surface area contributed by atoms with Gasteiger partial charge in [0.25, 0.3) is 5.56 Å². The van der Waals surface area contributed by atoms with E-state index in [0.717, 1.165) is 22.0 Å². The van der Waals surface area contributed by atoms with Crippen LogP contribution < -0.4 is 15.6 Å². The van der Waals surface area contributed by atoms with Gasteiger partial charge in [0.05, 0.1) is 31.1 Å². The summed E-state index contributed by atoms with van der Waals surface area (Å²) in [5, 5.41) is 3.74. The van der Waals surface area contributed by atoms with Gasteiger partial charge in [-0.3, -0.25) is 9.59 Å². The van der Waals surface area contributed by atoms with Crippen molar-refractivity contribution < 1.29 is 19.1 Å². The van der Waals surface area contributed by atoms with Crippen molar-refractivity contribution in [3.8, 4) is 5.75 Å². The Balaban J connectivity index is 1.83. The van der Waals surface area contributed by atoms with Crippen molar-refractivity contribution in [2.24, 2.45) is 5.92 Å². The zero-order chi connectivity index (χ0) is 25.5. The number of hydrogen-bond donors (Lipinski definition) is 2. The van der Waals surface area contributed by atoms with E-state index in [9.17, 15) is 14.4 Å². The molecular weight excluding hydrogens is 446 g/mol. The number of esters is 1. The number of rotatable bonds is 9. The van der Waals surface area contributed by atoms with Gasteiger partial charge in [-0.2, -0.15) is 0 Å². The fraction of sp³-hybridized carbons (Fsp3) is 0.370. The Kier molecular flexibility index (Phi) is 8.52. The Morgan fingerprint density at radius 2 is 1.80 bits per heavy atom. The molecule has 0 saturated carbocycles. The average Bonchev–Trinajstić information content (AvgIpc) is 2.80. The van der Waals surface area contributed by atoms with Crippen molar-refractivity contribution in [2.75, 3.05) is 25.1 Å². The molecule has 8 nitrogen and oxygen atoms in total. The number of nitrogens with zero attached hydrogens (tertiary/aromatic N) is 1. The lowest BCUT2D eigenvalue weighted by molar-refractivity contribution is -0.147. The summed E-state index contributed by atoms with van der Waals surface area (Å²) in [5.41, 5.74) is 3.61. The molecule has 35 heavy (non-hydrogen) atoms. The Hall–Kier alpha value is -3.81. The number of hydrogen-bond acceptors (Lipinski definition) is 5. The molecule has 1 heterocycles. The Labute approximate surface area is 205 Å². The molecule has 0 aliphatic heterocycles. The van der Waals surface area contributed by atoms with Crippen LogP contribution in [0.15, 0.2) is 47.3 Å². The van der Waals surface area contributed by atoms with Crippen LogP contribution in [0.25, 0.3) is 10.9 Å². The Bertz CT molecular complexity index is 1250. The third kappa shape index (κ3) is 6.85. The minimum absolute atomic E-state index is 0.0252. The number of benzene rings is 2. The molecule has 2 N–H and O–H groups in total. The normalized spacial score (nSPS) is 10.9. The van der Waals surface area contributed by atoms with Crippen molar-refractivity contribution in [3.05, 3.63) is 69.5 Å². The molecule has 2 aromatic carbocycles. The summed E-state index contributed by atoms with van der Waals surface area (Å²) in [4.78, 5) is 42.3. The van der Waals surface area contributed by atoms with Crippen LogP contribution >= 0.6 is 0 Å². The number of anilines is 1. The van der Waals surface area contributed by atoms with Crippen molar-refractivity contribution in [1.82, 2.24) is 9.88 Å². The van der Waals surface area contributed by atoms with E-state index in [2.05, 4.69) is 10.3 Å². The van der Waals surface area contributed by atoms with Gasteiger partial charge in [0.1, 0.15) is 12.4 Å². The van der Waals surface area contributed by atoms with Crippen LogP contribution in [0.1, 0.15) is 37.5 Å². The highest BCUT2D eigenvalue weighted by Crippen LogP contribution is 2.19. The van der Waals surface area contributed by atoms with Gasteiger partial charge in [-0.1, -0.05) is 25.5 Å². The van der Waals surface area contributed by atoms with Crippen LogP contribution in [0.5, 0.6) is 5.75 Å². The van der Waals surface area contributed by atoms with Gasteiger partial charge in [-0.15, -0.1) is 0 Å². The summed E-state index contributed by atoms with van der Waals surface area (Å²) in [6.45, 7) is 10.1. The second-order valence-corrected chi connectivity index (χ2v) is 8.80. The lowest BCUT2D eigenvalue weighted by Crippen LogP contribution is -2.38. The Morgan fingerprint density at radius 1 is 1.09 bits per heavy atom. The van der Waals surface area contributed by atoms with Gasteiger partial charge in [-0.25, -0.2) is 4.79 Å². The van der Waals surface area contributed by atoms with E-state index in [4.69, 9.17) is 9.47 Å². The molecule has 8 heteroatoms. The summed E-state index contributed by atoms with van der Waals surface area (Å²) >= 11 is 0. The number of pyridine rings is 1. The molecule has 3 aromatic rings. The quantitative estimate of drug-likeness (QED) is 0.430. The molecule has 1 aromatic heterocycles. The van der Waals surface area contributed by atoms with Crippen LogP contribution in [0.4, 0.5) is 10.5 Å². The highest BCUT2D eigenvalue weighted by Gasteiger charge is 2.18. The average molecular weight is 480 g/mol. The summed E-state index contributed by atoms with van der Waals surface area (Å²) in [6.07, 6.45) is 0. The minimum Gasteiger partial charge on any atom is -0.494 e. The van der Waals surface area contributed by atoms with E-state index in [-0.39, 0.29) is 37.1 Å². The lowest BCUT2D eigenvalue weighted by atomic mass is 10.1. The molecule has 0 atom stereocenters. The number of aromatic nitrogens is 1. The lowest BCUT2D eigenvalue weighted by Gasteiger charge is -2.23. The third-order valence-corrected chi connectivity index (χ3v) is 5.51. The second-order valence-electron chi connectivity index (χ2n) is 8.80. The zero-order valence-electron chi connectivity index (χ0n) is 20.9. The summed E-state index contributed by atoms with van der Waals surface area (Å²) < 4.78 is 10.7. The summed E-state index contributed by atoms with van der Waals surface area (Å²) in [6, 6.07) is 12.4. The van der Waals surface area contributed by atoms with E-state index in [1.165, 1.54) is 4.90 Å². The molecule has 0 aliphatic rings. The number of amides is 2. The predicted molar refractivity (Wildman–Crippen MR) is 137 cm³/mol. The number of aryl methyl sites for hydroxylation is 2. The second kappa shape index (κ2) is 11.6. The number of carbonyl (C=O) groups excluding carboxylic acids is 2. The fourth-order valence-corrected chi connectivity index (χ4v) is 3.73. The Morgan fingerprint density at radius 3 is 2.46 bits per heavy atom. The first kappa shape index (κ1) is 25.8. The van der Waals surface area contributed by atoms with Crippen molar-refractivity contribution >= 4 is 28.6 Å². The number of ether oxygens (including phenoxy) is 2. The summed E-state index contributed by atoms with van der Waals surface area (Å²) in [7, 11) is 0. The van der Waals surface area contributed by atoms with Crippen LogP contribution in [-0.2, 0) is 16.1 Å². The highest BCUT2D eigenvalue weighted by molar-refractivity contribution is 5.89. The first-order valence-corrected chi connectivity index (χ1v) is 11.8. The molecule has 0 spiro atoms. The molecular formula is C27H33N3O5. The van der Waals surface area contributed by atoms with E-state index >= 15 is 0 Å². The minimum atomic E-state index is -0.408. The van der Waals surface area contributed by atoms with Gasteiger partial charge in [0.2, 0.25) is 0 Å². The monoisotopic (exact) mass is 479 g/mol. The number of fused-ring (bicyclic) bond motifs is 1. The van der Waals surface area contributed by atoms with E-state index in [1.807, 2.05) is 39.0 Å². The molecule has 0 aliphatic carbocycles. The van der Waals surface area contributed by atoms with Crippen LogP contribution in [0, 0.1) is 19.8 Å². The summed E-state index contributed by atoms with van der Waals surface area (Å²) in [5.74, 6) is 0.0959. The first-order valence-electron chi connectivity index (χ1n) is 11.8. The van der Waals surface area contributed by atoms with Gasteiger partial charge in [0.15, 0.2) is 0 Å². The van der Waals surface area contributed by atoms with Gasteiger partial charge >= 0.3 is 12.0 Å². The van der Waals surface area contributed by atoms with E-state index in [1.54, 1.807) is 38.1 Å². The van der Waals surface area contributed by atoms with Crippen molar-refractivity contribution in [3.63, 3.8) is 0 Å². The van der Waals surface area contributed by atoms with E-state index in [0.29, 0.717) is 23.6 Å². The highest BCUT2D eigenvalue weighted by atomic mass is 16.5. The van der Waals surface area contributed by atoms with Crippen LogP contribution in [0.3, 0.4) is 0 Å². The van der Waals surface area contributed by atoms with Crippen LogP contribution in [-0.4, -0.2) is 41.6 Å². The topological polar surface area (TPSA) is 101 Å². The number of H-pyrrole nitrogens is 1. The maximum atomic E-state index is 13.2. The molecule has 0 fully saturated rings. The van der Waals surface area contributed by atoms with Crippen LogP contribution in [0.2, 0.25) is 0 Å². The molecule has 0 saturated heterocycles. The SMILES string of the molecule is CCOc1ccc(NC(=O)N(CCOC(=O)C(C)C)Cc2cc3cc(C)cc(C)c3[nH]c2=O)cc1. The molecule has 186 valence electrons. The molecule has 3 rings (SSSR count). The molecule has 0 radical (unpaired) electrons. The number of carbonyl (C=O) groups is 2. The molecule has 0 bridgehead atoms. The smallest absolute Gasteiger partial charge is 0.322 e. The number of aromatic amines is 1. The van der Waals surface area contributed by atoms with Gasteiger partial charge in [-0.05, 0) is 68.1 Å². The number of nitrogens with one attached hydrogen (secondary N) is 2. The van der Waals surface area contributed by atoms with Gasteiger partial charge < -0.3 is 24.7 Å². The van der Waals surface area contributed by atoms with Gasteiger partial charge in [0, 0.05) is 11.3 Å². The van der Waals surface area contributed by atoms with Crippen molar-refractivity contribution in [1.29, 1.82) is 0 Å². The maximum Gasteiger partial charge on any atom is 0.322 e. The largest absolute Gasteiger partial charge is 0.494 e. The maximum absolute atomic E-state index is 13.2. The van der Waals surface area contributed by atoms with Crippen molar-refractivity contribution in [2.45, 2.75) is 41.2 Å². The fourth-order valence-electron chi connectivity index (χ4n) is 3.73. The molecule has 0 unspecified atom stereocenters. The third-order valence-electron chi connectivity index (χ3n) is 5.51. The predicted octanol–water partition coefficient (Wildman–Crippen LogP) is 4.78. The first-order chi connectivity index (χ1) is 16.7. The zero-order valence-corrected chi connectivity index (χ0v) is 20.9. The number of urea groups is 1. The van der Waals surface area contributed by atoms with E-state index < -0.39 is 6.03 Å². The molecule has 2 amide bonds.